The standard InChI is InChI=1S/C10H6BrClO/c11-10-8(13)5-4-6-2-1-3-7(12)9(6)10/h1-5,13H. The quantitative estimate of drug-likeness (QED) is 0.757. The fourth-order valence-corrected chi connectivity index (χ4v) is 2.25. The number of hydrogen-bond acceptors (Lipinski definition) is 1. The average molecular weight is 258 g/mol. The first-order valence-electron chi connectivity index (χ1n) is 3.76. The van der Waals surface area contributed by atoms with Crippen molar-refractivity contribution in [2.24, 2.45) is 0 Å². The number of halogens is 2. The minimum Gasteiger partial charge on any atom is -0.507 e. The van der Waals surface area contributed by atoms with E-state index >= 15 is 0 Å². The van der Waals surface area contributed by atoms with Crippen molar-refractivity contribution in [3.8, 4) is 5.75 Å². The Kier molecular flexibility index (Phi) is 2.18. The molecule has 66 valence electrons. The first kappa shape index (κ1) is 8.85. The first-order valence-corrected chi connectivity index (χ1v) is 4.93. The van der Waals surface area contributed by atoms with Crippen molar-refractivity contribution in [3.05, 3.63) is 39.8 Å². The van der Waals surface area contributed by atoms with E-state index in [1.807, 2.05) is 18.2 Å². The summed E-state index contributed by atoms with van der Waals surface area (Å²) in [4.78, 5) is 0. The van der Waals surface area contributed by atoms with Gasteiger partial charge in [-0.3, -0.25) is 0 Å². The van der Waals surface area contributed by atoms with E-state index in [1.165, 1.54) is 0 Å². The van der Waals surface area contributed by atoms with Gasteiger partial charge in [-0.2, -0.15) is 0 Å². The molecule has 0 radical (unpaired) electrons. The van der Waals surface area contributed by atoms with Crippen LogP contribution in [0.15, 0.2) is 34.8 Å². The van der Waals surface area contributed by atoms with Crippen molar-refractivity contribution in [2.45, 2.75) is 0 Å². The molecular formula is C10H6BrClO. The number of aromatic hydroxyl groups is 1. The highest BCUT2D eigenvalue weighted by Gasteiger charge is 2.06. The van der Waals surface area contributed by atoms with Gasteiger partial charge in [0.1, 0.15) is 5.75 Å². The highest BCUT2D eigenvalue weighted by molar-refractivity contribution is 9.10. The zero-order valence-corrected chi connectivity index (χ0v) is 8.93. The summed E-state index contributed by atoms with van der Waals surface area (Å²) in [5.41, 5.74) is 0. The lowest BCUT2D eigenvalue weighted by Crippen LogP contribution is -1.76. The molecule has 0 unspecified atom stereocenters. The lowest BCUT2D eigenvalue weighted by atomic mass is 10.1. The molecular weight excluding hydrogens is 251 g/mol. The summed E-state index contributed by atoms with van der Waals surface area (Å²) in [6.07, 6.45) is 0. The van der Waals surface area contributed by atoms with Crippen LogP contribution in [-0.2, 0) is 0 Å². The van der Waals surface area contributed by atoms with Crippen LogP contribution in [-0.4, -0.2) is 5.11 Å². The third-order valence-electron chi connectivity index (χ3n) is 1.91. The number of fused-ring (bicyclic) bond motifs is 1. The zero-order valence-electron chi connectivity index (χ0n) is 6.59. The molecule has 0 spiro atoms. The molecule has 13 heavy (non-hydrogen) atoms. The normalized spacial score (nSPS) is 10.6. The van der Waals surface area contributed by atoms with Crippen LogP contribution in [0, 0.1) is 0 Å². The van der Waals surface area contributed by atoms with Gasteiger partial charge in [-0.1, -0.05) is 29.8 Å². The Bertz CT molecular complexity index is 468. The second-order valence-electron chi connectivity index (χ2n) is 2.74. The smallest absolute Gasteiger partial charge is 0.130 e. The lowest BCUT2D eigenvalue weighted by Gasteiger charge is -2.04. The first-order chi connectivity index (χ1) is 6.20. The molecule has 0 atom stereocenters. The Morgan fingerprint density at radius 1 is 1.15 bits per heavy atom. The maximum Gasteiger partial charge on any atom is 0.130 e. The Labute approximate surface area is 89.1 Å². The molecule has 0 amide bonds. The zero-order chi connectivity index (χ0) is 9.42. The van der Waals surface area contributed by atoms with Crippen molar-refractivity contribution in [2.75, 3.05) is 0 Å². The van der Waals surface area contributed by atoms with Gasteiger partial charge >= 0.3 is 0 Å². The molecule has 2 aromatic carbocycles. The van der Waals surface area contributed by atoms with Gasteiger partial charge in [0.05, 0.1) is 4.47 Å². The maximum atomic E-state index is 9.44. The van der Waals surface area contributed by atoms with E-state index in [0.717, 1.165) is 10.8 Å². The molecule has 0 fully saturated rings. The minimum atomic E-state index is 0.209. The van der Waals surface area contributed by atoms with Gasteiger partial charge in [0.2, 0.25) is 0 Å². The molecule has 0 aliphatic carbocycles. The van der Waals surface area contributed by atoms with E-state index in [0.29, 0.717) is 9.50 Å². The van der Waals surface area contributed by atoms with Crippen LogP contribution in [0.4, 0.5) is 0 Å². The van der Waals surface area contributed by atoms with Gasteiger partial charge in [0.15, 0.2) is 0 Å². The van der Waals surface area contributed by atoms with Gasteiger partial charge in [0, 0.05) is 10.4 Å². The fourth-order valence-electron chi connectivity index (χ4n) is 1.28. The van der Waals surface area contributed by atoms with Crippen molar-refractivity contribution < 1.29 is 5.11 Å². The Morgan fingerprint density at radius 2 is 1.92 bits per heavy atom. The molecule has 3 heteroatoms. The number of hydrogen-bond donors (Lipinski definition) is 1. The van der Waals surface area contributed by atoms with Crippen LogP contribution in [0.1, 0.15) is 0 Å². The lowest BCUT2D eigenvalue weighted by molar-refractivity contribution is 0.473. The fraction of sp³-hybridized carbons (Fsp3) is 0. The molecule has 0 bridgehead atoms. The highest BCUT2D eigenvalue weighted by Crippen LogP contribution is 2.36. The Balaban J connectivity index is 2.97. The van der Waals surface area contributed by atoms with Crippen molar-refractivity contribution in [3.63, 3.8) is 0 Å². The second kappa shape index (κ2) is 3.20. The molecule has 0 aliphatic heterocycles. The van der Waals surface area contributed by atoms with E-state index in [1.54, 1.807) is 12.1 Å². The third kappa shape index (κ3) is 1.40. The number of benzene rings is 2. The summed E-state index contributed by atoms with van der Waals surface area (Å²) in [6, 6.07) is 9.11. The molecule has 2 rings (SSSR count). The summed E-state index contributed by atoms with van der Waals surface area (Å²) in [6.45, 7) is 0. The maximum absolute atomic E-state index is 9.44. The van der Waals surface area contributed by atoms with Crippen molar-refractivity contribution in [1.82, 2.24) is 0 Å². The van der Waals surface area contributed by atoms with Gasteiger partial charge in [-0.05, 0) is 33.4 Å². The van der Waals surface area contributed by atoms with Crippen LogP contribution in [0.25, 0.3) is 10.8 Å². The summed E-state index contributed by atoms with van der Waals surface area (Å²) in [5, 5.41) is 11.9. The predicted octanol–water partition coefficient (Wildman–Crippen LogP) is 3.96. The number of phenolic OH excluding ortho intramolecular Hbond substituents is 1. The monoisotopic (exact) mass is 256 g/mol. The van der Waals surface area contributed by atoms with Gasteiger partial charge in [-0.25, -0.2) is 0 Å². The summed E-state index contributed by atoms with van der Waals surface area (Å²) < 4.78 is 0.649. The van der Waals surface area contributed by atoms with E-state index in [2.05, 4.69) is 15.9 Å². The van der Waals surface area contributed by atoms with Crippen LogP contribution in [0.3, 0.4) is 0 Å². The van der Waals surface area contributed by atoms with Gasteiger partial charge < -0.3 is 5.11 Å². The van der Waals surface area contributed by atoms with Crippen molar-refractivity contribution in [1.29, 1.82) is 0 Å². The number of rotatable bonds is 0. The molecule has 0 heterocycles. The molecule has 0 saturated heterocycles. The van der Waals surface area contributed by atoms with E-state index in [9.17, 15) is 5.11 Å². The predicted molar refractivity (Wildman–Crippen MR) is 58.3 cm³/mol. The second-order valence-corrected chi connectivity index (χ2v) is 3.94. The Morgan fingerprint density at radius 3 is 2.69 bits per heavy atom. The van der Waals surface area contributed by atoms with Crippen molar-refractivity contribution >= 4 is 38.3 Å². The van der Waals surface area contributed by atoms with E-state index in [4.69, 9.17) is 11.6 Å². The summed E-state index contributed by atoms with van der Waals surface area (Å²) in [7, 11) is 0. The van der Waals surface area contributed by atoms with Crippen LogP contribution in [0.5, 0.6) is 5.75 Å². The van der Waals surface area contributed by atoms with E-state index in [-0.39, 0.29) is 5.75 Å². The molecule has 0 aliphatic rings. The molecule has 0 saturated carbocycles. The third-order valence-corrected chi connectivity index (χ3v) is 3.03. The Hall–Kier alpha value is -0.730. The molecule has 0 aromatic heterocycles. The van der Waals surface area contributed by atoms with Crippen LogP contribution in [0.2, 0.25) is 5.02 Å². The highest BCUT2D eigenvalue weighted by atomic mass is 79.9. The largest absolute Gasteiger partial charge is 0.507 e. The van der Waals surface area contributed by atoms with Gasteiger partial charge in [-0.15, -0.1) is 0 Å². The van der Waals surface area contributed by atoms with Crippen LogP contribution < -0.4 is 0 Å². The van der Waals surface area contributed by atoms with E-state index < -0.39 is 0 Å². The summed E-state index contributed by atoms with van der Waals surface area (Å²) in [5.74, 6) is 0.209. The molecule has 2 aromatic rings. The molecule has 1 nitrogen and oxygen atoms in total. The van der Waals surface area contributed by atoms with Crippen LogP contribution >= 0.6 is 27.5 Å². The minimum absolute atomic E-state index is 0.209. The van der Waals surface area contributed by atoms with Gasteiger partial charge in [0.25, 0.3) is 0 Å². The SMILES string of the molecule is Oc1ccc2cccc(Cl)c2c1Br. The summed E-state index contributed by atoms with van der Waals surface area (Å²) >= 11 is 9.29. The number of phenols is 1. The topological polar surface area (TPSA) is 20.2 Å². The average Bonchev–Trinajstić information content (AvgIpc) is 2.12. The molecule has 1 N–H and O–H groups in total.